The number of hydrogen-bond donors (Lipinski definition) is 0. The predicted octanol–water partition coefficient (Wildman–Crippen LogP) is 4.02. The number of methoxy groups -OCH3 is 1. The Morgan fingerprint density at radius 1 is 1.22 bits per heavy atom. The average molecular weight is 247 g/mol. The zero-order valence-corrected chi connectivity index (χ0v) is 11.7. The highest BCUT2D eigenvalue weighted by Gasteiger charge is 2.23. The number of piperidine rings is 1. The Balaban J connectivity index is 2.06. The summed E-state index contributed by atoms with van der Waals surface area (Å²) in [5.74, 6) is 0.953. The normalized spacial score (nSPS) is 20.9. The fraction of sp³-hybridized carbons (Fsp3) is 0.625. The zero-order chi connectivity index (χ0) is 12.8. The van der Waals surface area contributed by atoms with Gasteiger partial charge in [-0.15, -0.1) is 0 Å². The van der Waals surface area contributed by atoms with Crippen LogP contribution in [-0.2, 0) is 0 Å². The van der Waals surface area contributed by atoms with E-state index in [9.17, 15) is 0 Å². The van der Waals surface area contributed by atoms with E-state index in [2.05, 4.69) is 36.1 Å². The van der Waals surface area contributed by atoms with Gasteiger partial charge in [0.2, 0.25) is 0 Å². The van der Waals surface area contributed by atoms with Crippen molar-refractivity contribution in [3.8, 4) is 5.75 Å². The molecular weight excluding hydrogens is 222 g/mol. The molecule has 0 saturated carbocycles. The Morgan fingerprint density at radius 3 is 2.67 bits per heavy atom. The quantitative estimate of drug-likeness (QED) is 0.779. The molecule has 0 aliphatic carbocycles. The monoisotopic (exact) mass is 247 g/mol. The van der Waals surface area contributed by atoms with Crippen molar-refractivity contribution in [2.24, 2.45) is 0 Å². The van der Waals surface area contributed by atoms with E-state index in [0.717, 1.165) is 5.75 Å². The van der Waals surface area contributed by atoms with Crippen LogP contribution in [0.4, 0.5) is 0 Å². The fourth-order valence-electron chi connectivity index (χ4n) is 2.82. The van der Waals surface area contributed by atoms with Crippen LogP contribution >= 0.6 is 0 Å². The average Bonchev–Trinajstić information content (AvgIpc) is 2.45. The molecule has 0 bridgehead atoms. The molecule has 0 spiro atoms. The third kappa shape index (κ3) is 3.26. The molecule has 0 N–H and O–H groups in total. The van der Waals surface area contributed by atoms with Crippen LogP contribution in [0.5, 0.6) is 5.75 Å². The lowest BCUT2D eigenvalue weighted by atomic mass is 9.95. The van der Waals surface area contributed by atoms with E-state index in [1.807, 2.05) is 0 Å². The molecule has 1 aliphatic heterocycles. The summed E-state index contributed by atoms with van der Waals surface area (Å²) in [4.78, 5) is 2.66. The van der Waals surface area contributed by atoms with Crippen molar-refractivity contribution in [3.05, 3.63) is 29.8 Å². The maximum absolute atomic E-state index is 5.23. The first-order valence-corrected chi connectivity index (χ1v) is 7.23. The van der Waals surface area contributed by atoms with Crippen LogP contribution in [0.2, 0.25) is 0 Å². The summed E-state index contributed by atoms with van der Waals surface area (Å²) in [5, 5.41) is 0. The van der Waals surface area contributed by atoms with E-state index in [1.54, 1.807) is 7.11 Å². The summed E-state index contributed by atoms with van der Waals surface area (Å²) < 4.78 is 5.23. The van der Waals surface area contributed by atoms with Gasteiger partial charge in [0.25, 0.3) is 0 Å². The van der Waals surface area contributed by atoms with Crippen molar-refractivity contribution in [2.45, 2.75) is 45.1 Å². The van der Waals surface area contributed by atoms with Crippen molar-refractivity contribution in [2.75, 3.05) is 20.2 Å². The third-order valence-corrected chi connectivity index (χ3v) is 3.91. The van der Waals surface area contributed by atoms with Crippen LogP contribution in [0.1, 0.15) is 50.6 Å². The molecule has 1 atom stereocenters. The Hall–Kier alpha value is -1.02. The van der Waals surface area contributed by atoms with Gasteiger partial charge in [-0.3, -0.25) is 4.90 Å². The number of ether oxygens (including phenoxy) is 1. The summed E-state index contributed by atoms with van der Waals surface area (Å²) in [5.41, 5.74) is 1.45. The number of rotatable bonds is 5. The number of unbranched alkanes of at least 4 members (excludes halogenated alkanes) is 1. The molecular formula is C16H25NO. The van der Waals surface area contributed by atoms with Crippen molar-refractivity contribution in [1.29, 1.82) is 0 Å². The van der Waals surface area contributed by atoms with E-state index >= 15 is 0 Å². The Labute approximate surface area is 111 Å². The van der Waals surface area contributed by atoms with Gasteiger partial charge in [0.05, 0.1) is 7.11 Å². The second-order valence-corrected chi connectivity index (χ2v) is 5.17. The molecule has 1 aliphatic rings. The molecule has 18 heavy (non-hydrogen) atoms. The molecule has 2 rings (SSSR count). The van der Waals surface area contributed by atoms with Crippen molar-refractivity contribution in [1.82, 2.24) is 4.90 Å². The van der Waals surface area contributed by atoms with Crippen LogP contribution in [0.15, 0.2) is 24.3 Å². The molecule has 0 radical (unpaired) electrons. The standard InChI is InChI=1S/C16H25NO/c1-3-4-12-17-13-6-5-7-16(17)14-8-10-15(18-2)11-9-14/h8-11,16H,3-7,12-13H2,1-2H3/t16-/m0/s1. The highest BCUT2D eigenvalue weighted by molar-refractivity contribution is 5.29. The van der Waals surface area contributed by atoms with E-state index in [-0.39, 0.29) is 0 Å². The van der Waals surface area contributed by atoms with Gasteiger partial charge in [0.1, 0.15) is 5.75 Å². The van der Waals surface area contributed by atoms with E-state index in [0.29, 0.717) is 6.04 Å². The summed E-state index contributed by atoms with van der Waals surface area (Å²) in [6.07, 6.45) is 6.62. The van der Waals surface area contributed by atoms with Gasteiger partial charge in [0.15, 0.2) is 0 Å². The van der Waals surface area contributed by atoms with Gasteiger partial charge in [-0.1, -0.05) is 31.9 Å². The SMILES string of the molecule is CCCCN1CCCC[C@H]1c1ccc(OC)cc1. The number of hydrogen-bond acceptors (Lipinski definition) is 2. The predicted molar refractivity (Wildman–Crippen MR) is 76.1 cm³/mol. The minimum Gasteiger partial charge on any atom is -0.497 e. The van der Waals surface area contributed by atoms with Crippen molar-refractivity contribution >= 4 is 0 Å². The van der Waals surface area contributed by atoms with Crippen LogP contribution in [0.25, 0.3) is 0 Å². The van der Waals surface area contributed by atoms with Crippen molar-refractivity contribution in [3.63, 3.8) is 0 Å². The van der Waals surface area contributed by atoms with E-state index in [1.165, 1.54) is 50.8 Å². The summed E-state index contributed by atoms with van der Waals surface area (Å²) in [7, 11) is 1.73. The van der Waals surface area contributed by atoms with Crippen LogP contribution in [0, 0.1) is 0 Å². The highest BCUT2D eigenvalue weighted by atomic mass is 16.5. The number of nitrogens with zero attached hydrogens (tertiary/aromatic N) is 1. The fourth-order valence-corrected chi connectivity index (χ4v) is 2.82. The van der Waals surface area contributed by atoms with Crippen LogP contribution in [0.3, 0.4) is 0 Å². The second kappa shape index (κ2) is 6.79. The van der Waals surface area contributed by atoms with E-state index in [4.69, 9.17) is 4.74 Å². The smallest absolute Gasteiger partial charge is 0.118 e. The lowest BCUT2D eigenvalue weighted by Gasteiger charge is -2.36. The Bertz CT molecular complexity index is 347. The topological polar surface area (TPSA) is 12.5 Å². The maximum atomic E-state index is 5.23. The minimum atomic E-state index is 0.621. The van der Waals surface area contributed by atoms with Gasteiger partial charge in [-0.2, -0.15) is 0 Å². The molecule has 1 aromatic rings. The molecule has 1 saturated heterocycles. The zero-order valence-electron chi connectivity index (χ0n) is 11.7. The lowest BCUT2D eigenvalue weighted by molar-refractivity contribution is 0.146. The van der Waals surface area contributed by atoms with Gasteiger partial charge >= 0.3 is 0 Å². The molecule has 0 amide bonds. The minimum absolute atomic E-state index is 0.621. The largest absolute Gasteiger partial charge is 0.497 e. The Kier molecular flexibility index (Phi) is 5.06. The molecule has 1 aromatic carbocycles. The number of benzene rings is 1. The van der Waals surface area contributed by atoms with Gasteiger partial charge in [-0.25, -0.2) is 0 Å². The first kappa shape index (κ1) is 13.4. The first-order valence-electron chi connectivity index (χ1n) is 7.23. The first-order chi connectivity index (χ1) is 8.85. The van der Waals surface area contributed by atoms with Gasteiger partial charge in [-0.05, 0) is 50.0 Å². The van der Waals surface area contributed by atoms with Crippen LogP contribution in [-0.4, -0.2) is 25.1 Å². The molecule has 2 heteroatoms. The van der Waals surface area contributed by atoms with Crippen molar-refractivity contribution < 1.29 is 4.74 Å². The van der Waals surface area contributed by atoms with E-state index < -0.39 is 0 Å². The summed E-state index contributed by atoms with van der Waals surface area (Å²) in [6.45, 7) is 4.77. The molecule has 2 nitrogen and oxygen atoms in total. The van der Waals surface area contributed by atoms with Gasteiger partial charge < -0.3 is 4.74 Å². The molecule has 1 heterocycles. The molecule has 0 aromatic heterocycles. The maximum Gasteiger partial charge on any atom is 0.118 e. The second-order valence-electron chi connectivity index (χ2n) is 5.17. The van der Waals surface area contributed by atoms with Crippen LogP contribution < -0.4 is 4.74 Å². The van der Waals surface area contributed by atoms with Gasteiger partial charge in [0, 0.05) is 6.04 Å². The highest BCUT2D eigenvalue weighted by Crippen LogP contribution is 2.31. The molecule has 0 unspecified atom stereocenters. The number of likely N-dealkylation sites (tertiary alicyclic amines) is 1. The molecule has 100 valence electrons. The third-order valence-electron chi connectivity index (χ3n) is 3.91. The Morgan fingerprint density at radius 2 is 2.00 bits per heavy atom. The molecule has 1 fully saturated rings. The summed E-state index contributed by atoms with van der Waals surface area (Å²) in [6, 6.07) is 9.25. The lowest BCUT2D eigenvalue weighted by Crippen LogP contribution is -2.34. The summed E-state index contributed by atoms with van der Waals surface area (Å²) >= 11 is 0.